The van der Waals surface area contributed by atoms with Crippen molar-refractivity contribution < 1.29 is 15.0 Å². The average molecular weight is 250 g/mol. The lowest BCUT2D eigenvalue weighted by Gasteiger charge is -2.20. The molecule has 1 heterocycles. The Balaban J connectivity index is 1.93. The molecular weight excluding hydrogens is 232 g/mol. The summed E-state index contributed by atoms with van der Waals surface area (Å²) in [4.78, 5) is 13.6. The molecule has 1 amide bonds. The van der Waals surface area contributed by atoms with Gasteiger partial charge in [-0.25, -0.2) is 0 Å². The van der Waals surface area contributed by atoms with Crippen LogP contribution in [-0.2, 0) is 11.2 Å². The Morgan fingerprint density at radius 2 is 2.11 bits per heavy atom. The Morgan fingerprint density at radius 1 is 1.44 bits per heavy atom. The number of rotatable bonds is 3. The van der Waals surface area contributed by atoms with E-state index in [9.17, 15) is 9.90 Å². The molecule has 2 atom stereocenters. The third-order valence-electron chi connectivity index (χ3n) is 3.18. The van der Waals surface area contributed by atoms with E-state index in [2.05, 4.69) is 0 Å². The summed E-state index contributed by atoms with van der Waals surface area (Å²) in [6.45, 7) is 0.950. The quantitative estimate of drug-likeness (QED) is 0.696. The Labute approximate surface area is 106 Å². The maximum atomic E-state index is 12.0. The van der Waals surface area contributed by atoms with Gasteiger partial charge in [0.2, 0.25) is 5.91 Å². The predicted octanol–water partition coefficient (Wildman–Crippen LogP) is -0.145. The summed E-state index contributed by atoms with van der Waals surface area (Å²) in [5, 5.41) is 18.6. The van der Waals surface area contributed by atoms with E-state index in [-0.39, 0.29) is 11.7 Å². The van der Waals surface area contributed by atoms with Crippen LogP contribution < -0.4 is 5.73 Å². The van der Waals surface area contributed by atoms with Crippen molar-refractivity contribution in [1.29, 1.82) is 0 Å². The number of phenols is 1. The number of hydrogen-bond acceptors (Lipinski definition) is 4. The molecule has 5 heteroatoms. The van der Waals surface area contributed by atoms with Crippen molar-refractivity contribution in [2.75, 3.05) is 13.1 Å². The molecule has 2 rings (SSSR count). The highest BCUT2D eigenvalue weighted by Gasteiger charge is 2.28. The largest absolute Gasteiger partial charge is 0.508 e. The number of amides is 1. The minimum atomic E-state index is -0.597. The van der Waals surface area contributed by atoms with Crippen LogP contribution in [0.15, 0.2) is 24.3 Å². The molecule has 4 N–H and O–H groups in total. The average Bonchev–Trinajstić information content (AvgIpc) is 2.78. The van der Waals surface area contributed by atoms with Crippen molar-refractivity contribution in [2.24, 2.45) is 5.73 Å². The molecule has 0 radical (unpaired) electrons. The lowest BCUT2D eigenvalue weighted by Crippen LogP contribution is -2.44. The van der Waals surface area contributed by atoms with Gasteiger partial charge in [0.15, 0.2) is 0 Å². The highest BCUT2D eigenvalue weighted by atomic mass is 16.3. The van der Waals surface area contributed by atoms with Crippen LogP contribution in [0.4, 0.5) is 0 Å². The van der Waals surface area contributed by atoms with Crippen LogP contribution in [0.3, 0.4) is 0 Å². The second kappa shape index (κ2) is 5.37. The molecule has 0 bridgehead atoms. The van der Waals surface area contributed by atoms with Gasteiger partial charge < -0.3 is 20.8 Å². The minimum Gasteiger partial charge on any atom is -0.508 e. The molecule has 98 valence electrons. The first-order chi connectivity index (χ1) is 8.56. The van der Waals surface area contributed by atoms with Crippen LogP contribution in [0.25, 0.3) is 0 Å². The summed E-state index contributed by atoms with van der Waals surface area (Å²) < 4.78 is 0. The van der Waals surface area contributed by atoms with Gasteiger partial charge in [-0.2, -0.15) is 0 Å². The van der Waals surface area contributed by atoms with Gasteiger partial charge in [0.05, 0.1) is 12.1 Å². The van der Waals surface area contributed by atoms with Crippen LogP contribution in [-0.4, -0.2) is 46.3 Å². The number of nitrogens with two attached hydrogens (primary N) is 1. The Morgan fingerprint density at radius 3 is 2.67 bits per heavy atom. The molecule has 0 aromatic heterocycles. The lowest BCUT2D eigenvalue weighted by molar-refractivity contribution is -0.131. The number of aliphatic hydroxyl groups is 1. The Hall–Kier alpha value is -1.59. The summed E-state index contributed by atoms with van der Waals surface area (Å²) in [7, 11) is 0. The molecule has 5 nitrogen and oxygen atoms in total. The van der Waals surface area contributed by atoms with Gasteiger partial charge in [-0.1, -0.05) is 12.1 Å². The fourth-order valence-corrected chi connectivity index (χ4v) is 2.15. The number of benzene rings is 1. The number of aromatic hydroxyl groups is 1. The summed E-state index contributed by atoms with van der Waals surface area (Å²) in [6, 6.07) is 6.06. The maximum absolute atomic E-state index is 12.0. The van der Waals surface area contributed by atoms with E-state index in [0.29, 0.717) is 25.9 Å². The number of aliphatic hydroxyl groups excluding tert-OH is 1. The number of hydrogen-bond donors (Lipinski definition) is 3. The SMILES string of the molecule is N[C@@H](Cc1ccc(O)cc1)C(=O)N1CC[C@H](O)C1. The summed E-state index contributed by atoms with van der Waals surface area (Å²) in [6.07, 6.45) is 0.637. The normalized spacial score (nSPS) is 21.0. The third kappa shape index (κ3) is 3.00. The molecule has 1 aromatic rings. The van der Waals surface area contributed by atoms with E-state index < -0.39 is 12.1 Å². The number of carbonyl (C=O) groups is 1. The Bertz CT molecular complexity index is 419. The van der Waals surface area contributed by atoms with Gasteiger partial charge in [-0.15, -0.1) is 0 Å². The first kappa shape index (κ1) is 12.9. The first-order valence-corrected chi connectivity index (χ1v) is 6.06. The van der Waals surface area contributed by atoms with Gasteiger partial charge in [-0.3, -0.25) is 4.79 Å². The van der Waals surface area contributed by atoms with Crippen molar-refractivity contribution in [1.82, 2.24) is 4.90 Å². The molecule has 0 saturated carbocycles. The topological polar surface area (TPSA) is 86.8 Å². The van der Waals surface area contributed by atoms with Crippen LogP contribution in [0, 0.1) is 0 Å². The fraction of sp³-hybridized carbons (Fsp3) is 0.462. The van der Waals surface area contributed by atoms with E-state index in [1.165, 1.54) is 0 Å². The summed E-state index contributed by atoms with van der Waals surface area (Å²) in [5.74, 6) is 0.0703. The number of β-amino-alcohol motifs (C(OH)–C–C–N with tert-alkyl or cyclic N) is 1. The van der Waals surface area contributed by atoms with Crippen molar-refractivity contribution >= 4 is 5.91 Å². The molecule has 1 aliphatic rings. The smallest absolute Gasteiger partial charge is 0.239 e. The van der Waals surface area contributed by atoms with Gasteiger partial charge in [0.1, 0.15) is 5.75 Å². The molecule has 0 aliphatic carbocycles. The minimum absolute atomic E-state index is 0.125. The molecule has 0 spiro atoms. The van der Waals surface area contributed by atoms with E-state index in [1.54, 1.807) is 29.2 Å². The number of likely N-dealkylation sites (tertiary alicyclic amines) is 1. The van der Waals surface area contributed by atoms with Crippen molar-refractivity contribution in [3.05, 3.63) is 29.8 Å². The molecule has 0 unspecified atom stereocenters. The Kier molecular flexibility index (Phi) is 3.84. The van der Waals surface area contributed by atoms with Crippen LogP contribution >= 0.6 is 0 Å². The lowest BCUT2D eigenvalue weighted by atomic mass is 10.1. The summed E-state index contributed by atoms with van der Waals surface area (Å²) in [5.41, 5.74) is 6.79. The van der Waals surface area contributed by atoms with Crippen molar-refractivity contribution in [2.45, 2.75) is 25.0 Å². The van der Waals surface area contributed by atoms with Crippen LogP contribution in [0.2, 0.25) is 0 Å². The van der Waals surface area contributed by atoms with E-state index >= 15 is 0 Å². The molecule has 1 aliphatic heterocycles. The maximum Gasteiger partial charge on any atom is 0.239 e. The van der Waals surface area contributed by atoms with E-state index in [1.807, 2.05) is 0 Å². The predicted molar refractivity (Wildman–Crippen MR) is 67.0 cm³/mol. The highest BCUT2D eigenvalue weighted by Crippen LogP contribution is 2.14. The van der Waals surface area contributed by atoms with E-state index in [0.717, 1.165) is 5.56 Å². The number of phenolic OH excluding ortho intramolecular Hbond substituents is 1. The standard InChI is InChI=1S/C13H18N2O3/c14-12(7-9-1-3-10(16)4-2-9)13(18)15-6-5-11(17)8-15/h1-4,11-12,16-17H,5-8,14H2/t11-,12-/m0/s1. The third-order valence-corrected chi connectivity index (χ3v) is 3.18. The molecular formula is C13H18N2O3. The van der Waals surface area contributed by atoms with Gasteiger partial charge >= 0.3 is 0 Å². The molecule has 18 heavy (non-hydrogen) atoms. The second-order valence-corrected chi connectivity index (χ2v) is 4.70. The van der Waals surface area contributed by atoms with Gasteiger partial charge in [-0.05, 0) is 30.5 Å². The zero-order valence-electron chi connectivity index (χ0n) is 10.1. The number of nitrogens with zero attached hydrogens (tertiary/aromatic N) is 1. The number of carbonyl (C=O) groups excluding carboxylic acids is 1. The molecule has 1 saturated heterocycles. The monoisotopic (exact) mass is 250 g/mol. The van der Waals surface area contributed by atoms with Gasteiger partial charge in [0.25, 0.3) is 0 Å². The van der Waals surface area contributed by atoms with Crippen LogP contribution in [0.1, 0.15) is 12.0 Å². The highest BCUT2D eigenvalue weighted by molar-refractivity contribution is 5.82. The van der Waals surface area contributed by atoms with Gasteiger partial charge in [0, 0.05) is 13.1 Å². The zero-order chi connectivity index (χ0) is 13.1. The molecule has 1 fully saturated rings. The first-order valence-electron chi connectivity index (χ1n) is 6.06. The van der Waals surface area contributed by atoms with Crippen LogP contribution in [0.5, 0.6) is 5.75 Å². The van der Waals surface area contributed by atoms with Crippen molar-refractivity contribution in [3.63, 3.8) is 0 Å². The fourth-order valence-electron chi connectivity index (χ4n) is 2.15. The van der Waals surface area contributed by atoms with E-state index in [4.69, 9.17) is 10.8 Å². The summed E-state index contributed by atoms with van der Waals surface area (Å²) >= 11 is 0. The second-order valence-electron chi connectivity index (χ2n) is 4.70. The van der Waals surface area contributed by atoms with Crippen molar-refractivity contribution in [3.8, 4) is 5.75 Å². The zero-order valence-corrected chi connectivity index (χ0v) is 10.1. The molecule has 1 aromatic carbocycles.